The van der Waals surface area contributed by atoms with E-state index in [1.54, 1.807) is 0 Å². The number of aliphatic hydroxyl groups is 1. The van der Waals surface area contributed by atoms with Gasteiger partial charge in [0.15, 0.2) is 0 Å². The van der Waals surface area contributed by atoms with Crippen molar-refractivity contribution in [3.05, 3.63) is 35.9 Å². The minimum absolute atomic E-state index is 0.0741. The summed E-state index contributed by atoms with van der Waals surface area (Å²) in [6, 6.07) is 10.4. The smallest absolute Gasteiger partial charge is 0.0616 e. The van der Waals surface area contributed by atoms with Crippen LogP contribution >= 0.6 is 0 Å². The van der Waals surface area contributed by atoms with Gasteiger partial charge in [0.2, 0.25) is 0 Å². The second-order valence-electron chi connectivity index (χ2n) is 5.33. The normalized spacial score (nSPS) is 26.5. The summed E-state index contributed by atoms with van der Waals surface area (Å²) < 4.78 is 0. The highest BCUT2D eigenvalue weighted by molar-refractivity contribution is 5.15. The van der Waals surface area contributed by atoms with E-state index in [9.17, 15) is 5.11 Å². The molecule has 0 aliphatic heterocycles. The van der Waals surface area contributed by atoms with Gasteiger partial charge in [0, 0.05) is 12.1 Å². The van der Waals surface area contributed by atoms with Gasteiger partial charge >= 0.3 is 0 Å². The minimum atomic E-state index is -0.0741. The SMILES string of the molecule is CCC(CO)(NCc1ccccc1)C1CC1C. The molecular weight excluding hydrogens is 210 g/mol. The lowest BCUT2D eigenvalue weighted by molar-refractivity contribution is 0.129. The van der Waals surface area contributed by atoms with Gasteiger partial charge in [0.25, 0.3) is 0 Å². The standard InChI is InChI=1S/C15H23NO/c1-3-15(11-17,14-9-12(14)2)16-10-13-7-5-4-6-8-13/h4-8,12,14,16-17H,3,9-11H2,1-2H3. The lowest BCUT2D eigenvalue weighted by Gasteiger charge is -2.33. The molecule has 0 spiro atoms. The molecule has 2 nitrogen and oxygen atoms in total. The first-order valence-corrected chi connectivity index (χ1v) is 6.61. The maximum Gasteiger partial charge on any atom is 0.0616 e. The number of rotatable bonds is 6. The maximum atomic E-state index is 9.72. The van der Waals surface area contributed by atoms with Crippen molar-refractivity contribution in [3.63, 3.8) is 0 Å². The van der Waals surface area contributed by atoms with Crippen molar-refractivity contribution in [3.8, 4) is 0 Å². The number of hydrogen-bond donors (Lipinski definition) is 2. The second-order valence-corrected chi connectivity index (χ2v) is 5.33. The Bertz CT molecular complexity index is 345. The Kier molecular flexibility index (Phi) is 3.85. The third kappa shape index (κ3) is 2.70. The van der Waals surface area contributed by atoms with E-state index in [0.29, 0.717) is 5.92 Å². The van der Waals surface area contributed by atoms with Crippen LogP contribution in [0.25, 0.3) is 0 Å². The largest absolute Gasteiger partial charge is 0.394 e. The van der Waals surface area contributed by atoms with E-state index >= 15 is 0 Å². The zero-order valence-electron chi connectivity index (χ0n) is 10.8. The fourth-order valence-electron chi connectivity index (χ4n) is 2.77. The average Bonchev–Trinajstić information content (AvgIpc) is 3.10. The molecule has 1 saturated carbocycles. The van der Waals surface area contributed by atoms with E-state index < -0.39 is 0 Å². The predicted octanol–water partition coefficient (Wildman–Crippen LogP) is 2.57. The van der Waals surface area contributed by atoms with Crippen LogP contribution in [0.15, 0.2) is 30.3 Å². The first-order chi connectivity index (χ1) is 8.22. The van der Waals surface area contributed by atoms with Gasteiger partial charge in [0.1, 0.15) is 0 Å². The number of nitrogens with one attached hydrogen (secondary N) is 1. The summed E-state index contributed by atoms with van der Waals surface area (Å²) in [6.45, 7) is 5.53. The van der Waals surface area contributed by atoms with Gasteiger partial charge in [0.05, 0.1) is 6.61 Å². The number of hydrogen-bond acceptors (Lipinski definition) is 2. The molecule has 2 rings (SSSR count). The number of aliphatic hydroxyl groups excluding tert-OH is 1. The highest BCUT2D eigenvalue weighted by Gasteiger charge is 2.48. The van der Waals surface area contributed by atoms with Gasteiger partial charge in [-0.3, -0.25) is 0 Å². The minimum Gasteiger partial charge on any atom is -0.394 e. The van der Waals surface area contributed by atoms with E-state index in [4.69, 9.17) is 0 Å². The van der Waals surface area contributed by atoms with Crippen molar-refractivity contribution in [2.45, 2.75) is 38.8 Å². The Morgan fingerprint density at radius 1 is 1.35 bits per heavy atom. The van der Waals surface area contributed by atoms with E-state index in [0.717, 1.165) is 18.9 Å². The van der Waals surface area contributed by atoms with Gasteiger partial charge in [-0.15, -0.1) is 0 Å². The summed E-state index contributed by atoms with van der Waals surface area (Å²) in [5, 5.41) is 13.3. The highest BCUT2D eigenvalue weighted by atomic mass is 16.3. The van der Waals surface area contributed by atoms with Crippen molar-refractivity contribution >= 4 is 0 Å². The fourth-order valence-corrected chi connectivity index (χ4v) is 2.77. The molecule has 0 bridgehead atoms. The summed E-state index contributed by atoms with van der Waals surface area (Å²) in [5.74, 6) is 1.39. The van der Waals surface area contributed by atoms with E-state index in [2.05, 4.69) is 43.4 Å². The van der Waals surface area contributed by atoms with Gasteiger partial charge in [-0.05, 0) is 30.2 Å². The molecule has 0 aromatic heterocycles. The quantitative estimate of drug-likeness (QED) is 0.791. The molecule has 2 heteroatoms. The van der Waals surface area contributed by atoms with E-state index in [1.165, 1.54) is 12.0 Å². The van der Waals surface area contributed by atoms with E-state index in [-0.39, 0.29) is 12.1 Å². The molecule has 17 heavy (non-hydrogen) atoms. The van der Waals surface area contributed by atoms with Gasteiger partial charge < -0.3 is 10.4 Å². The Morgan fingerprint density at radius 3 is 2.47 bits per heavy atom. The van der Waals surface area contributed by atoms with Crippen LogP contribution in [-0.4, -0.2) is 17.3 Å². The molecule has 0 heterocycles. The summed E-state index contributed by atoms with van der Waals surface area (Å²) in [6.07, 6.45) is 2.24. The molecule has 1 fully saturated rings. The van der Waals surface area contributed by atoms with Crippen LogP contribution in [0.1, 0.15) is 32.3 Å². The van der Waals surface area contributed by atoms with Crippen molar-refractivity contribution in [1.29, 1.82) is 0 Å². The topological polar surface area (TPSA) is 32.3 Å². The van der Waals surface area contributed by atoms with Crippen molar-refractivity contribution in [1.82, 2.24) is 5.32 Å². The highest BCUT2D eigenvalue weighted by Crippen LogP contribution is 2.47. The molecule has 2 N–H and O–H groups in total. The van der Waals surface area contributed by atoms with Gasteiger partial charge in [-0.1, -0.05) is 44.2 Å². The lowest BCUT2D eigenvalue weighted by atomic mass is 9.89. The van der Waals surface area contributed by atoms with Crippen LogP contribution in [-0.2, 0) is 6.54 Å². The molecule has 1 aromatic carbocycles. The first kappa shape index (κ1) is 12.6. The summed E-state index contributed by atoms with van der Waals surface area (Å²) in [4.78, 5) is 0. The molecule has 1 aliphatic carbocycles. The fraction of sp³-hybridized carbons (Fsp3) is 0.600. The Hall–Kier alpha value is -0.860. The van der Waals surface area contributed by atoms with Crippen LogP contribution < -0.4 is 5.32 Å². The third-order valence-electron chi connectivity index (χ3n) is 4.22. The second kappa shape index (κ2) is 5.19. The average molecular weight is 233 g/mol. The molecule has 3 unspecified atom stereocenters. The van der Waals surface area contributed by atoms with Crippen molar-refractivity contribution < 1.29 is 5.11 Å². The summed E-state index contributed by atoms with van der Waals surface area (Å²) in [7, 11) is 0. The molecule has 0 saturated heterocycles. The van der Waals surface area contributed by atoms with Crippen LogP contribution in [0.5, 0.6) is 0 Å². The molecule has 1 aromatic rings. The maximum absolute atomic E-state index is 9.72. The zero-order chi connectivity index (χ0) is 12.3. The van der Waals surface area contributed by atoms with E-state index in [1.807, 2.05) is 6.07 Å². The Labute approximate surface area is 104 Å². The predicted molar refractivity (Wildman–Crippen MR) is 70.7 cm³/mol. The number of benzene rings is 1. The van der Waals surface area contributed by atoms with Crippen LogP contribution in [0.3, 0.4) is 0 Å². The molecule has 94 valence electrons. The lowest BCUT2D eigenvalue weighted by Crippen LogP contribution is -2.50. The summed E-state index contributed by atoms with van der Waals surface area (Å²) >= 11 is 0. The van der Waals surface area contributed by atoms with Crippen LogP contribution in [0.4, 0.5) is 0 Å². The molecule has 1 aliphatic rings. The Balaban J connectivity index is 1.99. The monoisotopic (exact) mass is 233 g/mol. The van der Waals surface area contributed by atoms with Crippen molar-refractivity contribution in [2.75, 3.05) is 6.61 Å². The first-order valence-electron chi connectivity index (χ1n) is 6.61. The summed E-state index contributed by atoms with van der Waals surface area (Å²) in [5.41, 5.74) is 1.21. The Morgan fingerprint density at radius 2 is 2.00 bits per heavy atom. The van der Waals surface area contributed by atoms with Crippen LogP contribution in [0.2, 0.25) is 0 Å². The molecular formula is C15H23NO. The molecule has 3 atom stereocenters. The van der Waals surface area contributed by atoms with Gasteiger partial charge in [-0.2, -0.15) is 0 Å². The molecule has 0 radical (unpaired) electrons. The third-order valence-corrected chi connectivity index (χ3v) is 4.22. The zero-order valence-corrected chi connectivity index (χ0v) is 10.8. The van der Waals surface area contributed by atoms with Crippen molar-refractivity contribution in [2.24, 2.45) is 11.8 Å². The van der Waals surface area contributed by atoms with Gasteiger partial charge in [-0.25, -0.2) is 0 Å². The van der Waals surface area contributed by atoms with Crippen LogP contribution in [0, 0.1) is 11.8 Å². The molecule has 0 amide bonds.